The number of nitrogens with zero attached hydrogens (tertiary/aromatic N) is 1. The zero-order chi connectivity index (χ0) is 10.4. The van der Waals surface area contributed by atoms with Crippen molar-refractivity contribution in [3.8, 4) is 0 Å². The number of nitrogens with one attached hydrogen (secondary N) is 1. The highest BCUT2D eigenvalue weighted by Gasteiger charge is 2.22. The molecule has 15 heavy (non-hydrogen) atoms. The molecule has 0 spiro atoms. The molecule has 78 valence electrons. The Balaban J connectivity index is 2.35. The van der Waals surface area contributed by atoms with Crippen LogP contribution in [-0.4, -0.2) is 9.97 Å². The van der Waals surface area contributed by atoms with E-state index in [9.17, 15) is 4.79 Å². The molecule has 0 bridgehead atoms. The fourth-order valence-corrected chi connectivity index (χ4v) is 3.48. The Bertz CT molecular complexity index is 569. The maximum atomic E-state index is 11.7. The zero-order valence-electron chi connectivity index (χ0n) is 8.54. The van der Waals surface area contributed by atoms with Gasteiger partial charge in [-0.15, -0.1) is 11.3 Å². The molecule has 0 fully saturated rings. The van der Waals surface area contributed by atoms with Gasteiger partial charge < -0.3 is 4.98 Å². The Morgan fingerprint density at radius 1 is 1.60 bits per heavy atom. The van der Waals surface area contributed by atoms with Gasteiger partial charge in [-0.2, -0.15) is 0 Å². The van der Waals surface area contributed by atoms with Crippen molar-refractivity contribution >= 4 is 21.6 Å². The van der Waals surface area contributed by atoms with Crippen LogP contribution in [0.1, 0.15) is 23.8 Å². The average Bonchev–Trinajstić information content (AvgIpc) is 2.57. The van der Waals surface area contributed by atoms with Crippen molar-refractivity contribution in [1.29, 1.82) is 0 Å². The summed E-state index contributed by atoms with van der Waals surface area (Å²) >= 11 is 1.68. The highest BCUT2D eigenvalue weighted by atomic mass is 32.1. The summed E-state index contributed by atoms with van der Waals surface area (Å²) in [4.78, 5) is 20.9. The maximum Gasteiger partial charge on any atom is 0.259 e. The molecule has 0 aromatic carbocycles. The lowest BCUT2D eigenvalue weighted by Crippen LogP contribution is -2.12. The van der Waals surface area contributed by atoms with E-state index in [1.54, 1.807) is 11.3 Å². The minimum absolute atomic E-state index is 0.0200. The monoisotopic (exact) mass is 220 g/mol. The molecule has 4 heteroatoms. The van der Waals surface area contributed by atoms with Gasteiger partial charge in [-0.1, -0.05) is 6.92 Å². The average molecular weight is 220 g/mol. The van der Waals surface area contributed by atoms with E-state index < -0.39 is 0 Å². The molecular weight excluding hydrogens is 208 g/mol. The second kappa shape index (κ2) is 3.17. The normalized spacial score (nSPS) is 20.5. The van der Waals surface area contributed by atoms with Gasteiger partial charge in [0, 0.05) is 4.88 Å². The third-order valence-electron chi connectivity index (χ3n) is 3.09. The second-order valence-electron chi connectivity index (χ2n) is 4.26. The minimum atomic E-state index is 0.0200. The lowest BCUT2D eigenvalue weighted by Gasteiger charge is -2.17. The number of thiophene rings is 1. The van der Waals surface area contributed by atoms with Gasteiger partial charge in [0.05, 0.1) is 11.7 Å². The molecular formula is C11H12N2OS. The second-order valence-corrected chi connectivity index (χ2v) is 5.35. The standard InChI is InChI=1S/C11H12N2OS/c1-6-2-3-8-7(4-6)9-10(14)12-5-13-11(9)15-8/h5-6H,2-4H2,1H3,(H,12,13,14)/t6-/m0/s1. The molecule has 2 heterocycles. The van der Waals surface area contributed by atoms with Crippen molar-refractivity contribution in [2.24, 2.45) is 5.92 Å². The Labute approximate surface area is 91.2 Å². The summed E-state index contributed by atoms with van der Waals surface area (Å²) in [6.45, 7) is 2.25. The van der Waals surface area contributed by atoms with E-state index in [1.165, 1.54) is 23.2 Å². The first-order chi connectivity index (χ1) is 7.25. The Morgan fingerprint density at radius 2 is 2.47 bits per heavy atom. The van der Waals surface area contributed by atoms with Crippen molar-refractivity contribution in [2.75, 3.05) is 0 Å². The van der Waals surface area contributed by atoms with Gasteiger partial charge in [0.2, 0.25) is 0 Å². The predicted octanol–water partition coefficient (Wildman–Crippen LogP) is 2.11. The third-order valence-corrected chi connectivity index (χ3v) is 4.29. The number of aryl methyl sites for hydroxylation is 1. The number of H-pyrrole nitrogens is 1. The summed E-state index contributed by atoms with van der Waals surface area (Å²) in [5.74, 6) is 0.690. The quantitative estimate of drug-likeness (QED) is 0.739. The predicted molar refractivity (Wildman–Crippen MR) is 61.4 cm³/mol. The van der Waals surface area contributed by atoms with E-state index in [2.05, 4.69) is 16.9 Å². The highest BCUT2D eigenvalue weighted by Crippen LogP contribution is 2.35. The summed E-state index contributed by atoms with van der Waals surface area (Å²) in [5, 5.41) is 0.837. The van der Waals surface area contributed by atoms with Crippen LogP contribution in [0, 0.1) is 5.92 Å². The molecule has 3 rings (SSSR count). The zero-order valence-corrected chi connectivity index (χ0v) is 9.36. The summed E-state index contributed by atoms with van der Waals surface area (Å²) in [5.41, 5.74) is 1.27. The van der Waals surface area contributed by atoms with Crippen LogP contribution in [0.3, 0.4) is 0 Å². The largest absolute Gasteiger partial charge is 0.313 e. The van der Waals surface area contributed by atoms with Crippen LogP contribution >= 0.6 is 11.3 Å². The molecule has 1 atom stereocenters. The molecule has 0 radical (unpaired) electrons. The molecule has 3 nitrogen and oxygen atoms in total. The Morgan fingerprint density at radius 3 is 3.33 bits per heavy atom. The number of fused-ring (bicyclic) bond motifs is 3. The van der Waals surface area contributed by atoms with E-state index in [0.717, 1.165) is 23.1 Å². The molecule has 1 aliphatic carbocycles. The van der Waals surface area contributed by atoms with Gasteiger partial charge in [0.1, 0.15) is 4.83 Å². The fraction of sp³-hybridized carbons (Fsp3) is 0.455. The Hall–Kier alpha value is -1.16. The number of hydrogen-bond donors (Lipinski definition) is 1. The van der Waals surface area contributed by atoms with E-state index in [4.69, 9.17) is 0 Å². The van der Waals surface area contributed by atoms with Crippen molar-refractivity contribution in [2.45, 2.75) is 26.2 Å². The maximum absolute atomic E-state index is 11.7. The van der Waals surface area contributed by atoms with Crippen LogP contribution in [0.2, 0.25) is 0 Å². The van der Waals surface area contributed by atoms with Gasteiger partial charge in [-0.05, 0) is 30.7 Å². The fourth-order valence-electron chi connectivity index (χ4n) is 2.29. The number of hydrogen-bond acceptors (Lipinski definition) is 3. The van der Waals surface area contributed by atoms with Crippen molar-refractivity contribution in [3.05, 3.63) is 27.1 Å². The first-order valence-electron chi connectivity index (χ1n) is 5.23. The van der Waals surface area contributed by atoms with Gasteiger partial charge in [-0.25, -0.2) is 4.98 Å². The molecule has 0 saturated heterocycles. The molecule has 2 aromatic rings. The van der Waals surface area contributed by atoms with E-state index in [0.29, 0.717) is 5.92 Å². The van der Waals surface area contributed by atoms with Gasteiger partial charge in [0.15, 0.2) is 0 Å². The topological polar surface area (TPSA) is 45.8 Å². The molecule has 0 amide bonds. The molecule has 1 aliphatic rings. The van der Waals surface area contributed by atoms with Gasteiger partial charge in [-0.3, -0.25) is 4.79 Å². The number of aromatic amines is 1. The first kappa shape index (κ1) is 9.09. The summed E-state index contributed by atoms with van der Waals surface area (Å²) < 4.78 is 0. The van der Waals surface area contributed by atoms with Crippen LogP contribution in [0.15, 0.2) is 11.1 Å². The smallest absolute Gasteiger partial charge is 0.259 e. The minimum Gasteiger partial charge on any atom is -0.313 e. The van der Waals surface area contributed by atoms with Crippen LogP contribution in [0.4, 0.5) is 0 Å². The van der Waals surface area contributed by atoms with Crippen LogP contribution in [-0.2, 0) is 12.8 Å². The first-order valence-corrected chi connectivity index (χ1v) is 6.05. The lowest BCUT2D eigenvalue weighted by atomic mass is 9.89. The van der Waals surface area contributed by atoms with Gasteiger partial charge in [0.25, 0.3) is 5.56 Å². The molecule has 1 N–H and O–H groups in total. The van der Waals surface area contributed by atoms with Crippen molar-refractivity contribution < 1.29 is 0 Å². The molecule has 0 unspecified atom stereocenters. The summed E-state index contributed by atoms with van der Waals surface area (Å²) in [7, 11) is 0. The van der Waals surface area contributed by atoms with E-state index >= 15 is 0 Å². The Kier molecular flexibility index (Phi) is 1.92. The summed E-state index contributed by atoms with van der Waals surface area (Å²) in [6, 6.07) is 0. The molecule has 0 saturated carbocycles. The number of rotatable bonds is 0. The van der Waals surface area contributed by atoms with Crippen LogP contribution in [0.25, 0.3) is 10.2 Å². The van der Waals surface area contributed by atoms with Crippen molar-refractivity contribution in [1.82, 2.24) is 9.97 Å². The van der Waals surface area contributed by atoms with Crippen molar-refractivity contribution in [3.63, 3.8) is 0 Å². The highest BCUT2D eigenvalue weighted by molar-refractivity contribution is 7.18. The SMILES string of the molecule is C[C@H]1CCc2sc3nc[nH]c(=O)c3c2C1. The lowest BCUT2D eigenvalue weighted by molar-refractivity contribution is 0.508. The number of aromatic nitrogens is 2. The van der Waals surface area contributed by atoms with Crippen LogP contribution in [0.5, 0.6) is 0 Å². The van der Waals surface area contributed by atoms with Crippen LogP contribution < -0.4 is 5.56 Å². The molecule has 0 aliphatic heterocycles. The van der Waals surface area contributed by atoms with Gasteiger partial charge >= 0.3 is 0 Å². The summed E-state index contributed by atoms with van der Waals surface area (Å²) in [6.07, 6.45) is 4.87. The van der Waals surface area contributed by atoms with E-state index in [1.807, 2.05) is 0 Å². The molecule has 2 aromatic heterocycles. The third kappa shape index (κ3) is 1.32. The van der Waals surface area contributed by atoms with E-state index in [-0.39, 0.29) is 5.56 Å².